The Morgan fingerprint density at radius 1 is 0.658 bits per heavy atom. The molecule has 4 heteroatoms. The number of piperidine rings is 1. The van der Waals surface area contributed by atoms with Crippen molar-refractivity contribution in [3.05, 3.63) is 0 Å². The van der Waals surface area contributed by atoms with E-state index >= 15 is 0 Å². The van der Waals surface area contributed by atoms with E-state index in [2.05, 4.69) is 39.9 Å². The fourth-order valence-electron chi connectivity index (χ4n) is 6.74. The van der Waals surface area contributed by atoms with Crippen molar-refractivity contribution in [3.63, 3.8) is 0 Å². The van der Waals surface area contributed by atoms with Crippen molar-refractivity contribution in [3.8, 4) is 0 Å². The van der Waals surface area contributed by atoms with Crippen LogP contribution >= 0.6 is 0 Å². The summed E-state index contributed by atoms with van der Waals surface area (Å²) in [6.45, 7) is 13.8. The fraction of sp³-hybridized carbons (Fsp3) is 0.971. The zero-order valence-corrected chi connectivity index (χ0v) is 26.6. The summed E-state index contributed by atoms with van der Waals surface area (Å²) in [6.07, 6.45) is 28.6. The van der Waals surface area contributed by atoms with Crippen LogP contribution in [0, 0.1) is 11.8 Å². The summed E-state index contributed by atoms with van der Waals surface area (Å²) in [5, 5.41) is 3.75. The Morgan fingerprint density at radius 3 is 1.45 bits per heavy atom. The van der Waals surface area contributed by atoms with Crippen LogP contribution < -0.4 is 5.32 Å². The molecule has 38 heavy (non-hydrogen) atoms. The first-order chi connectivity index (χ1) is 18.2. The maximum Gasteiger partial charge on any atom is 0.345 e. The van der Waals surface area contributed by atoms with Crippen LogP contribution in [0.3, 0.4) is 0 Å². The highest BCUT2D eigenvalue weighted by Crippen LogP contribution is 2.39. The first-order valence-corrected chi connectivity index (χ1v) is 16.8. The molecular weight excluding hydrogens is 470 g/mol. The highest BCUT2D eigenvalue weighted by molar-refractivity contribution is 5.72. The molecule has 0 bridgehead atoms. The molecule has 1 heterocycles. The standard InChI is InChI=1S/C34H67NO3/c1-7-9-10-11-12-13-14-15-16-17-18-19-20-21-22-23-24-25-26-31(32(36)38-37-27-8-2)30-28-33(3,4)35-34(5,6)29-30/h30-31,35H,7-29H2,1-6H3. The summed E-state index contributed by atoms with van der Waals surface area (Å²) in [5.41, 5.74) is 0.0617. The summed E-state index contributed by atoms with van der Waals surface area (Å²) in [6, 6.07) is 0. The van der Waals surface area contributed by atoms with Crippen molar-refractivity contribution in [1.82, 2.24) is 5.32 Å². The van der Waals surface area contributed by atoms with Crippen molar-refractivity contribution in [2.45, 2.75) is 194 Å². The van der Waals surface area contributed by atoms with Gasteiger partial charge in [-0.25, -0.2) is 4.79 Å². The lowest BCUT2D eigenvalue weighted by molar-refractivity contribution is -0.277. The van der Waals surface area contributed by atoms with Gasteiger partial charge < -0.3 is 5.32 Å². The zero-order valence-electron chi connectivity index (χ0n) is 26.6. The van der Waals surface area contributed by atoms with E-state index < -0.39 is 0 Å². The van der Waals surface area contributed by atoms with Gasteiger partial charge in [-0.05, 0) is 59.3 Å². The molecular formula is C34H67NO3. The zero-order chi connectivity index (χ0) is 28.1. The van der Waals surface area contributed by atoms with Gasteiger partial charge in [-0.15, -0.1) is 0 Å². The van der Waals surface area contributed by atoms with E-state index in [1.807, 2.05) is 6.92 Å². The van der Waals surface area contributed by atoms with Crippen LogP contribution in [-0.2, 0) is 14.6 Å². The van der Waals surface area contributed by atoms with Crippen molar-refractivity contribution >= 4 is 5.97 Å². The quantitative estimate of drug-likeness (QED) is 0.0755. The number of carbonyl (C=O) groups is 1. The summed E-state index contributed by atoms with van der Waals surface area (Å²) in [5.74, 6) is 0.127. The minimum atomic E-state index is -0.149. The predicted octanol–water partition coefficient (Wildman–Crippen LogP) is 10.5. The fourth-order valence-corrected chi connectivity index (χ4v) is 6.74. The molecule has 226 valence electrons. The lowest BCUT2D eigenvalue weighted by atomic mass is 9.69. The lowest BCUT2D eigenvalue weighted by Crippen LogP contribution is -2.59. The Balaban J connectivity index is 2.15. The van der Waals surface area contributed by atoms with Gasteiger partial charge >= 0.3 is 5.97 Å². The molecule has 0 aliphatic carbocycles. The molecule has 1 rings (SSSR count). The minimum Gasteiger partial charge on any atom is -0.307 e. The van der Waals surface area contributed by atoms with E-state index in [1.165, 1.54) is 109 Å². The second-order valence-corrected chi connectivity index (χ2v) is 13.7. The molecule has 1 aliphatic rings. The lowest BCUT2D eigenvalue weighted by Gasteiger charge is -2.48. The smallest absolute Gasteiger partial charge is 0.307 e. The Bertz CT molecular complexity index is 558. The monoisotopic (exact) mass is 538 g/mol. The molecule has 0 aromatic heterocycles. The second-order valence-electron chi connectivity index (χ2n) is 13.7. The van der Waals surface area contributed by atoms with Crippen LogP contribution in [0.4, 0.5) is 0 Å². The molecule has 0 aromatic carbocycles. The average Bonchev–Trinajstić information content (AvgIpc) is 2.83. The summed E-state index contributed by atoms with van der Waals surface area (Å²) in [4.78, 5) is 23.4. The summed E-state index contributed by atoms with van der Waals surface area (Å²) in [7, 11) is 0. The molecule has 1 unspecified atom stereocenters. The third-order valence-electron chi connectivity index (χ3n) is 8.39. The minimum absolute atomic E-state index is 0.0309. The van der Waals surface area contributed by atoms with E-state index in [-0.39, 0.29) is 23.0 Å². The predicted molar refractivity (Wildman–Crippen MR) is 163 cm³/mol. The third kappa shape index (κ3) is 17.9. The Labute approximate surface area is 238 Å². The van der Waals surface area contributed by atoms with Gasteiger partial charge in [0.2, 0.25) is 0 Å². The van der Waals surface area contributed by atoms with Crippen LogP contribution in [-0.4, -0.2) is 23.7 Å². The highest BCUT2D eigenvalue weighted by Gasteiger charge is 2.43. The van der Waals surface area contributed by atoms with Crippen LogP contribution in [0.25, 0.3) is 0 Å². The van der Waals surface area contributed by atoms with E-state index in [9.17, 15) is 4.79 Å². The average molecular weight is 538 g/mol. The molecule has 0 aromatic rings. The van der Waals surface area contributed by atoms with Crippen molar-refractivity contribution in [2.24, 2.45) is 11.8 Å². The Kier molecular flexibility index (Phi) is 19.7. The van der Waals surface area contributed by atoms with Gasteiger partial charge in [-0.1, -0.05) is 129 Å². The topological polar surface area (TPSA) is 47.6 Å². The number of rotatable bonds is 24. The molecule has 1 atom stereocenters. The largest absolute Gasteiger partial charge is 0.345 e. The molecule has 0 amide bonds. The van der Waals surface area contributed by atoms with Crippen LogP contribution in [0.1, 0.15) is 183 Å². The number of carbonyl (C=O) groups excluding carboxylic acids is 1. The SMILES string of the molecule is CCCCCCCCCCCCCCCCCCCCC(C(=O)OOCCC)C1CC(C)(C)NC(C)(C)C1. The van der Waals surface area contributed by atoms with Crippen LogP contribution in [0.5, 0.6) is 0 Å². The molecule has 0 saturated carbocycles. The molecule has 1 aliphatic heterocycles. The number of nitrogens with one attached hydrogen (secondary N) is 1. The molecule has 1 N–H and O–H groups in total. The first-order valence-electron chi connectivity index (χ1n) is 16.8. The van der Waals surface area contributed by atoms with E-state index in [0.29, 0.717) is 12.5 Å². The number of unbranched alkanes of at least 4 members (excludes halogenated alkanes) is 17. The molecule has 1 fully saturated rings. The molecule has 0 radical (unpaired) electrons. The summed E-state index contributed by atoms with van der Waals surface area (Å²) < 4.78 is 0. The van der Waals surface area contributed by atoms with Crippen molar-refractivity contribution < 1.29 is 14.6 Å². The second kappa shape index (κ2) is 21.2. The van der Waals surface area contributed by atoms with Gasteiger partial charge in [0.25, 0.3) is 0 Å². The van der Waals surface area contributed by atoms with E-state index in [1.54, 1.807) is 0 Å². The highest BCUT2D eigenvalue weighted by atomic mass is 17.2. The third-order valence-corrected chi connectivity index (χ3v) is 8.39. The first kappa shape index (κ1) is 35.4. The van der Waals surface area contributed by atoms with Gasteiger partial charge in [0.15, 0.2) is 0 Å². The van der Waals surface area contributed by atoms with Gasteiger partial charge in [-0.2, -0.15) is 4.89 Å². The Hall–Kier alpha value is -0.610. The summed E-state index contributed by atoms with van der Waals surface area (Å²) >= 11 is 0. The number of hydrogen-bond donors (Lipinski definition) is 1. The number of hydrogen-bond acceptors (Lipinski definition) is 4. The maximum atomic E-state index is 13.0. The van der Waals surface area contributed by atoms with Crippen LogP contribution in [0.15, 0.2) is 0 Å². The Morgan fingerprint density at radius 2 is 1.05 bits per heavy atom. The van der Waals surface area contributed by atoms with E-state index in [4.69, 9.17) is 9.78 Å². The van der Waals surface area contributed by atoms with Gasteiger partial charge in [-0.3, -0.25) is 4.89 Å². The van der Waals surface area contributed by atoms with Crippen LogP contribution in [0.2, 0.25) is 0 Å². The van der Waals surface area contributed by atoms with E-state index in [0.717, 1.165) is 32.1 Å². The van der Waals surface area contributed by atoms with Crippen molar-refractivity contribution in [1.29, 1.82) is 0 Å². The molecule has 0 spiro atoms. The van der Waals surface area contributed by atoms with Crippen molar-refractivity contribution in [2.75, 3.05) is 6.61 Å². The molecule has 4 nitrogen and oxygen atoms in total. The molecule has 1 saturated heterocycles. The van der Waals surface area contributed by atoms with Gasteiger partial charge in [0.1, 0.15) is 0 Å². The normalized spacial score (nSPS) is 17.9. The van der Waals surface area contributed by atoms with Gasteiger partial charge in [0.05, 0.1) is 12.5 Å². The maximum absolute atomic E-state index is 13.0. The van der Waals surface area contributed by atoms with Gasteiger partial charge in [0, 0.05) is 11.1 Å².